The molecule has 0 fully saturated rings. The Morgan fingerprint density at radius 1 is 1.50 bits per heavy atom. The number of fused-ring (bicyclic) bond motifs is 1. The van der Waals surface area contributed by atoms with Gasteiger partial charge in [0, 0.05) is 11.7 Å². The molecule has 10 heavy (non-hydrogen) atoms. The topological polar surface area (TPSA) is 74.7 Å². The van der Waals surface area contributed by atoms with Crippen LogP contribution in [0.15, 0.2) is 4.79 Å². The van der Waals surface area contributed by atoms with Crippen LogP contribution in [-0.2, 0) is 6.42 Å². The zero-order chi connectivity index (χ0) is 7.14. The highest BCUT2D eigenvalue weighted by Crippen LogP contribution is 2.23. The fourth-order valence-corrected chi connectivity index (χ4v) is 1.44. The van der Waals surface area contributed by atoms with Crippen LogP contribution >= 0.6 is 0 Å². The van der Waals surface area contributed by atoms with Crippen molar-refractivity contribution in [1.82, 2.24) is 10.2 Å². The van der Waals surface area contributed by atoms with Crippen molar-refractivity contribution in [2.24, 2.45) is 5.73 Å². The van der Waals surface area contributed by atoms with Gasteiger partial charge in [-0.1, -0.05) is 0 Å². The van der Waals surface area contributed by atoms with Crippen LogP contribution in [0.1, 0.15) is 23.7 Å². The van der Waals surface area contributed by atoms with Crippen LogP contribution in [0.25, 0.3) is 0 Å². The Kier molecular flexibility index (Phi) is 0.990. The molecular formula is C6H9N3O. The number of hydrogen-bond acceptors (Lipinski definition) is 2. The Hall–Kier alpha value is -1.03. The lowest BCUT2D eigenvalue weighted by molar-refractivity contribution is 0.698. The second kappa shape index (κ2) is 1.73. The molecule has 4 heteroatoms. The summed E-state index contributed by atoms with van der Waals surface area (Å²) in [5, 5.41) is 5.31. The number of aromatic nitrogens is 2. The zero-order valence-corrected chi connectivity index (χ0v) is 5.48. The fraction of sp³-hybridized carbons (Fsp3) is 0.500. The summed E-state index contributed by atoms with van der Waals surface area (Å²) in [6, 6.07) is -0.0509. The largest absolute Gasteiger partial charge is 0.324 e. The van der Waals surface area contributed by atoms with Crippen LogP contribution in [0.3, 0.4) is 0 Å². The van der Waals surface area contributed by atoms with Crippen LogP contribution < -0.4 is 11.3 Å². The van der Waals surface area contributed by atoms with Crippen LogP contribution in [0.2, 0.25) is 0 Å². The minimum Gasteiger partial charge on any atom is -0.324 e. The number of aromatic amines is 2. The molecule has 1 atom stereocenters. The van der Waals surface area contributed by atoms with Gasteiger partial charge in [0.1, 0.15) is 0 Å². The van der Waals surface area contributed by atoms with E-state index in [2.05, 4.69) is 10.2 Å². The summed E-state index contributed by atoms with van der Waals surface area (Å²) in [5.41, 5.74) is 7.33. The first-order chi connectivity index (χ1) is 4.79. The van der Waals surface area contributed by atoms with Gasteiger partial charge in [-0.05, 0) is 12.8 Å². The minimum atomic E-state index is -0.0556. The number of nitrogens with one attached hydrogen (secondary N) is 2. The number of rotatable bonds is 0. The summed E-state index contributed by atoms with van der Waals surface area (Å²) in [5.74, 6) is 0. The van der Waals surface area contributed by atoms with Crippen molar-refractivity contribution in [3.63, 3.8) is 0 Å². The number of aryl methyl sites for hydroxylation is 1. The summed E-state index contributed by atoms with van der Waals surface area (Å²) >= 11 is 0. The summed E-state index contributed by atoms with van der Waals surface area (Å²) < 4.78 is 0. The maximum Gasteiger partial charge on any atom is 0.268 e. The molecule has 4 nitrogen and oxygen atoms in total. The molecule has 54 valence electrons. The average Bonchev–Trinajstić information content (AvgIpc) is 2.40. The first-order valence-corrected chi connectivity index (χ1v) is 3.34. The summed E-state index contributed by atoms with van der Waals surface area (Å²) in [7, 11) is 0. The molecule has 1 aliphatic rings. The number of H-pyrrole nitrogens is 2. The summed E-state index contributed by atoms with van der Waals surface area (Å²) in [6.07, 6.45) is 1.79. The number of hydrogen-bond donors (Lipinski definition) is 3. The standard InChI is InChI=1S/C6H9N3O/c7-3-1-2-4-5(3)6(10)9-8-4/h3H,1-2,7H2,(H2,8,9,10). The van der Waals surface area contributed by atoms with Crippen molar-refractivity contribution in [1.29, 1.82) is 0 Å². The molecule has 0 amide bonds. The van der Waals surface area contributed by atoms with Crippen molar-refractivity contribution < 1.29 is 0 Å². The highest BCUT2D eigenvalue weighted by Gasteiger charge is 2.23. The summed E-state index contributed by atoms with van der Waals surface area (Å²) in [4.78, 5) is 11.0. The van der Waals surface area contributed by atoms with Crippen molar-refractivity contribution in [2.45, 2.75) is 18.9 Å². The monoisotopic (exact) mass is 139 g/mol. The normalized spacial score (nSPS) is 23.1. The molecule has 1 aliphatic carbocycles. The van der Waals surface area contributed by atoms with Gasteiger partial charge in [0.15, 0.2) is 0 Å². The van der Waals surface area contributed by atoms with Gasteiger partial charge in [-0.25, -0.2) is 0 Å². The Bertz CT molecular complexity index is 298. The second-order valence-electron chi connectivity index (χ2n) is 2.62. The third-order valence-electron chi connectivity index (χ3n) is 1.97. The second-order valence-corrected chi connectivity index (χ2v) is 2.62. The van der Waals surface area contributed by atoms with E-state index in [-0.39, 0.29) is 11.6 Å². The van der Waals surface area contributed by atoms with E-state index in [9.17, 15) is 4.79 Å². The summed E-state index contributed by atoms with van der Waals surface area (Å²) in [6.45, 7) is 0. The Morgan fingerprint density at radius 3 is 3.00 bits per heavy atom. The van der Waals surface area contributed by atoms with Crippen LogP contribution in [0, 0.1) is 0 Å². The van der Waals surface area contributed by atoms with Gasteiger partial charge in [0.25, 0.3) is 5.56 Å². The van der Waals surface area contributed by atoms with Gasteiger partial charge in [0.05, 0.1) is 5.56 Å². The quantitative estimate of drug-likeness (QED) is 0.459. The van der Waals surface area contributed by atoms with Crippen molar-refractivity contribution >= 4 is 0 Å². The molecule has 0 radical (unpaired) electrons. The van der Waals surface area contributed by atoms with Crippen molar-refractivity contribution in [3.8, 4) is 0 Å². The zero-order valence-electron chi connectivity index (χ0n) is 5.48. The molecule has 1 unspecified atom stereocenters. The molecule has 0 aliphatic heterocycles. The van der Waals surface area contributed by atoms with E-state index < -0.39 is 0 Å². The highest BCUT2D eigenvalue weighted by atomic mass is 16.1. The van der Waals surface area contributed by atoms with E-state index in [1.807, 2.05) is 0 Å². The molecule has 0 bridgehead atoms. The van der Waals surface area contributed by atoms with Gasteiger partial charge < -0.3 is 10.8 Å². The third-order valence-corrected chi connectivity index (χ3v) is 1.97. The van der Waals surface area contributed by atoms with Crippen LogP contribution in [-0.4, -0.2) is 10.2 Å². The van der Waals surface area contributed by atoms with Crippen LogP contribution in [0.4, 0.5) is 0 Å². The fourth-order valence-electron chi connectivity index (χ4n) is 1.44. The molecule has 0 saturated heterocycles. The Labute approximate surface area is 57.4 Å². The lowest BCUT2D eigenvalue weighted by Gasteiger charge is -1.95. The van der Waals surface area contributed by atoms with E-state index in [0.29, 0.717) is 0 Å². The smallest absolute Gasteiger partial charge is 0.268 e. The van der Waals surface area contributed by atoms with E-state index in [1.165, 1.54) is 0 Å². The molecule has 1 heterocycles. The molecule has 1 aromatic rings. The van der Waals surface area contributed by atoms with Gasteiger partial charge >= 0.3 is 0 Å². The maximum absolute atomic E-state index is 11.0. The van der Waals surface area contributed by atoms with Crippen molar-refractivity contribution in [3.05, 3.63) is 21.6 Å². The molecule has 1 aromatic heterocycles. The number of nitrogens with two attached hydrogens (primary N) is 1. The molecular weight excluding hydrogens is 130 g/mol. The first-order valence-electron chi connectivity index (χ1n) is 3.34. The SMILES string of the molecule is NC1CCc2[nH][nH]c(=O)c21. The van der Waals surface area contributed by atoms with Gasteiger partial charge in [-0.3, -0.25) is 9.89 Å². The maximum atomic E-state index is 11.0. The average molecular weight is 139 g/mol. The molecule has 0 spiro atoms. The predicted octanol–water partition coefficient (Wildman–Crippen LogP) is -0.351. The van der Waals surface area contributed by atoms with E-state index in [0.717, 1.165) is 24.1 Å². The van der Waals surface area contributed by atoms with Gasteiger partial charge in [0.2, 0.25) is 0 Å². The lowest BCUT2D eigenvalue weighted by atomic mass is 10.2. The lowest BCUT2D eigenvalue weighted by Crippen LogP contribution is -2.15. The first kappa shape index (κ1) is 5.73. The Morgan fingerprint density at radius 2 is 2.30 bits per heavy atom. The highest BCUT2D eigenvalue weighted by molar-refractivity contribution is 5.25. The minimum absolute atomic E-state index is 0.0509. The van der Waals surface area contributed by atoms with Crippen molar-refractivity contribution in [2.75, 3.05) is 0 Å². The molecule has 0 saturated carbocycles. The van der Waals surface area contributed by atoms with E-state index in [1.54, 1.807) is 0 Å². The van der Waals surface area contributed by atoms with E-state index >= 15 is 0 Å². The predicted molar refractivity (Wildman–Crippen MR) is 36.7 cm³/mol. The van der Waals surface area contributed by atoms with Gasteiger partial charge in [-0.2, -0.15) is 0 Å². The van der Waals surface area contributed by atoms with Gasteiger partial charge in [-0.15, -0.1) is 0 Å². The molecule has 4 N–H and O–H groups in total. The van der Waals surface area contributed by atoms with E-state index in [4.69, 9.17) is 5.73 Å². The molecule has 0 aromatic carbocycles. The molecule has 2 rings (SSSR count). The third kappa shape index (κ3) is 0.565. The van der Waals surface area contributed by atoms with Crippen LogP contribution in [0.5, 0.6) is 0 Å². The Balaban J connectivity index is 2.65.